The molecule has 92 valence electrons. The van der Waals surface area contributed by atoms with Gasteiger partial charge in [-0.15, -0.1) is 0 Å². The van der Waals surface area contributed by atoms with Gasteiger partial charge in [-0.05, 0) is 25.0 Å². The molecule has 1 aromatic rings. The van der Waals surface area contributed by atoms with Crippen LogP contribution in [0.25, 0.3) is 0 Å². The number of pyridine rings is 1. The number of halogens is 1. The fourth-order valence-electron chi connectivity index (χ4n) is 1.96. The smallest absolute Gasteiger partial charge is 0.242 e. The van der Waals surface area contributed by atoms with Gasteiger partial charge in [-0.3, -0.25) is 4.79 Å². The molecule has 1 fully saturated rings. The van der Waals surface area contributed by atoms with Crippen molar-refractivity contribution in [3.05, 3.63) is 24.1 Å². The van der Waals surface area contributed by atoms with Gasteiger partial charge in [-0.2, -0.15) is 4.39 Å². The van der Waals surface area contributed by atoms with Crippen LogP contribution in [0.5, 0.6) is 0 Å². The number of amides is 1. The number of rotatable bonds is 3. The van der Waals surface area contributed by atoms with Gasteiger partial charge in [0.15, 0.2) is 0 Å². The summed E-state index contributed by atoms with van der Waals surface area (Å²) >= 11 is 0. The van der Waals surface area contributed by atoms with Gasteiger partial charge >= 0.3 is 0 Å². The Morgan fingerprint density at radius 1 is 1.47 bits per heavy atom. The van der Waals surface area contributed by atoms with Gasteiger partial charge in [0.25, 0.3) is 0 Å². The molecule has 1 saturated heterocycles. The lowest BCUT2D eigenvalue weighted by Crippen LogP contribution is -2.37. The molecular weight excluding hydrogens is 221 g/mol. The minimum atomic E-state index is -0.525. The second kappa shape index (κ2) is 5.12. The number of nitrogens with zero attached hydrogens (tertiary/aromatic N) is 3. The maximum atomic E-state index is 12.9. The minimum Gasteiger partial charge on any atom is -0.350 e. The van der Waals surface area contributed by atoms with Crippen LogP contribution in [0.2, 0.25) is 0 Å². The molecule has 2 rings (SSSR count). The Kier molecular flexibility index (Phi) is 3.56. The molecule has 4 nitrogen and oxygen atoms in total. The van der Waals surface area contributed by atoms with Crippen molar-refractivity contribution in [2.24, 2.45) is 0 Å². The van der Waals surface area contributed by atoms with E-state index in [1.54, 1.807) is 24.1 Å². The van der Waals surface area contributed by atoms with Crippen LogP contribution in [0.4, 0.5) is 10.2 Å². The molecule has 2 heterocycles. The van der Waals surface area contributed by atoms with Gasteiger partial charge < -0.3 is 9.80 Å². The van der Waals surface area contributed by atoms with Crippen molar-refractivity contribution < 1.29 is 9.18 Å². The molecular formula is C12H16FN3O. The fourth-order valence-corrected chi connectivity index (χ4v) is 1.96. The van der Waals surface area contributed by atoms with Crippen LogP contribution in [-0.4, -0.2) is 42.5 Å². The predicted molar refractivity (Wildman–Crippen MR) is 63.3 cm³/mol. The van der Waals surface area contributed by atoms with Gasteiger partial charge in [0.1, 0.15) is 5.82 Å². The highest BCUT2D eigenvalue weighted by atomic mass is 19.1. The highest BCUT2D eigenvalue weighted by molar-refractivity contribution is 5.81. The van der Waals surface area contributed by atoms with Crippen molar-refractivity contribution in [3.8, 4) is 0 Å². The Morgan fingerprint density at radius 2 is 2.18 bits per heavy atom. The Balaban J connectivity index is 1.96. The first-order chi connectivity index (χ1) is 8.16. The van der Waals surface area contributed by atoms with E-state index in [-0.39, 0.29) is 12.5 Å². The number of carbonyl (C=O) groups is 1. The van der Waals surface area contributed by atoms with E-state index in [1.165, 1.54) is 6.07 Å². The van der Waals surface area contributed by atoms with E-state index in [9.17, 15) is 9.18 Å². The second-order valence-electron chi connectivity index (χ2n) is 4.26. The SMILES string of the molecule is CN(CC(=O)N1CCCC1)c1cccc(F)n1. The van der Waals surface area contributed by atoms with E-state index in [2.05, 4.69) is 4.98 Å². The van der Waals surface area contributed by atoms with E-state index in [0.717, 1.165) is 25.9 Å². The third-order valence-corrected chi connectivity index (χ3v) is 2.92. The first-order valence-electron chi connectivity index (χ1n) is 5.78. The number of hydrogen-bond donors (Lipinski definition) is 0. The van der Waals surface area contributed by atoms with Crippen LogP contribution in [-0.2, 0) is 4.79 Å². The lowest BCUT2D eigenvalue weighted by molar-refractivity contribution is -0.128. The van der Waals surface area contributed by atoms with E-state index < -0.39 is 5.95 Å². The average molecular weight is 237 g/mol. The first-order valence-corrected chi connectivity index (χ1v) is 5.78. The zero-order chi connectivity index (χ0) is 12.3. The summed E-state index contributed by atoms with van der Waals surface area (Å²) in [6, 6.07) is 4.58. The van der Waals surface area contributed by atoms with Gasteiger partial charge in [0.2, 0.25) is 11.9 Å². The third kappa shape index (κ3) is 2.93. The summed E-state index contributed by atoms with van der Waals surface area (Å²) in [6.45, 7) is 1.92. The largest absolute Gasteiger partial charge is 0.350 e. The minimum absolute atomic E-state index is 0.0797. The molecule has 0 spiro atoms. The van der Waals surface area contributed by atoms with Crippen molar-refractivity contribution in [3.63, 3.8) is 0 Å². The van der Waals surface area contributed by atoms with Gasteiger partial charge in [0.05, 0.1) is 6.54 Å². The van der Waals surface area contributed by atoms with Crippen LogP contribution in [0, 0.1) is 5.95 Å². The van der Waals surface area contributed by atoms with Crippen molar-refractivity contribution in [2.75, 3.05) is 31.6 Å². The van der Waals surface area contributed by atoms with Gasteiger partial charge in [0, 0.05) is 20.1 Å². The number of likely N-dealkylation sites (tertiary alicyclic amines) is 1. The van der Waals surface area contributed by atoms with Crippen LogP contribution >= 0.6 is 0 Å². The molecule has 1 aliphatic rings. The third-order valence-electron chi connectivity index (χ3n) is 2.92. The Hall–Kier alpha value is -1.65. The van der Waals surface area contributed by atoms with Crippen molar-refractivity contribution in [1.82, 2.24) is 9.88 Å². The van der Waals surface area contributed by atoms with Crippen molar-refractivity contribution in [2.45, 2.75) is 12.8 Å². The van der Waals surface area contributed by atoms with E-state index in [1.807, 2.05) is 4.90 Å². The maximum Gasteiger partial charge on any atom is 0.242 e. The molecule has 0 saturated carbocycles. The van der Waals surface area contributed by atoms with Gasteiger partial charge in [-0.25, -0.2) is 4.98 Å². The molecule has 0 atom stereocenters. The van der Waals surface area contributed by atoms with Crippen LogP contribution in [0.15, 0.2) is 18.2 Å². The van der Waals surface area contributed by atoms with Crippen LogP contribution < -0.4 is 4.90 Å². The molecule has 0 unspecified atom stereocenters. The lowest BCUT2D eigenvalue weighted by atomic mass is 10.4. The maximum absolute atomic E-state index is 12.9. The van der Waals surface area contributed by atoms with E-state index in [4.69, 9.17) is 0 Å². The molecule has 1 aromatic heterocycles. The highest BCUT2D eigenvalue weighted by Crippen LogP contribution is 2.11. The van der Waals surface area contributed by atoms with Crippen molar-refractivity contribution >= 4 is 11.7 Å². The Labute approximate surface area is 100 Å². The molecule has 0 aromatic carbocycles. The lowest BCUT2D eigenvalue weighted by Gasteiger charge is -2.21. The molecule has 0 aliphatic carbocycles. The van der Waals surface area contributed by atoms with Crippen molar-refractivity contribution in [1.29, 1.82) is 0 Å². The molecule has 17 heavy (non-hydrogen) atoms. The zero-order valence-corrected chi connectivity index (χ0v) is 9.90. The highest BCUT2D eigenvalue weighted by Gasteiger charge is 2.19. The average Bonchev–Trinajstić information content (AvgIpc) is 2.82. The summed E-state index contributed by atoms with van der Waals surface area (Å²) in [5.74, 6) is 0.0385. The van der Waals surface area contributed by atoms with E-state index in [0.29, 0.717) is 5.82 Å². The number of aromatic nitrogens is 1. The van der Waals surface area contributed by atoms with E-state index >= 15 is 0 Å². The molecule has 0 radical (unpaired) electrons. The number of hydrogen-bond acceptors (Lipinski definition) is 3. The summed E-state index contributed by atoms with van der Waals surface area (Å²) in [4.78, 5) is 19.1. The van der Waals surface area contributed by atoms with Crippen LogP contribution in [0.1, 0.15) is 12.8 Å². The monoisotopic (exact) mass is 237 g/mol. The fraction of sp³-hybridized carbons (Fsp3) is 0.500. The van der Waals surface area contributed by atoms with Gasteiger partial charge in [-0.1, -0.05) is 6.07 Å². The second-order valence-corrected chi connectivity index (χ2v) is 4.26. The topological polar surface area (TPSA) is 36.4 Å². The number of likely N-dealkylation sites (N-methyl/N-ethyl adjacent to an activating group) is 1. The molecule has 1 aliphatic heterocycles. The zero-order valence-electron chi connectivity index (χ0n) is 9.90. The summed E-state index contributed by atoms with van der Waals surface area (Å²) in [5.41, 5.74) is 0. The number of anilines is 1. The summed E-state index contributed by atoms with van der Waals surface area (Å²) in [7, 11) is 1.75. The normalized spacial score (nSPS) is 15.1. The van der Waals surface area contributed by atoms with Crippen LogP contribution in [0.3, 0.4) is 0 Å². The standard InChI is InChI=1S/C12H16FN3O/c1-15(11-6-4-5-10(13)14-11)9-12(17)16-7-2-3-8-16/h4-6H,2-3,7-9H2,1H3. The Morgan fingerprint density at radius 3 is 2.82 bits per heavy atom. The molecule has 5 heteroatoms. The summed E-state index contributed by atoms with van der Waals surface area (Å²) < 4.78 is 12.9. The number of carbonyl (C=O) groups excluding carboxylic acids is 1. The first kappa shape index (κ1) is 11.8. The quantitative estimate of drug-likeness (QED) is 0.743. The summed E-state index contributed by atoms with van der Waals surface area (Å²) in [5, 5.41) is 0. The molecule has 1 amide bonds. The predicted octanol–water partition coefficient (Wildman–Crippen LogP) is 1.28. The summed E-state index contributed by atoms with van der Waals surface area (Å²) in [6.07, 6.45) is 2.15. The molecule has 0 N–H and O–H groups in total. The Bertz CT molecular complexity index is 404. The molecule has 0 bridgehead atoms.